The number of ketones is 4. The molecule has 4 nitrogen and oxygen atoms in total. The molecule has 0 saturated heterocycles. The summed E-state index contributed by atoms with van der Waals surface area (Å²) in [6.45, 7) is 6.97. The zero-order chi connectivity index (χ0) is 30.0. The molecule has 0 unspecified atom stereocenters. The van der Waals surface area contributed by atoms with Crippen LogP contribution in [-0.4, -0.2) is 31.2 Å². The van der Waals surface area contributed by atoms with E-state index >= 15 is 0 Å². The lowest BCUT2D eigenvalue weighted by molar-refractivity contribution is 0.0975. The molecule has 2 aliphatic rings. The summed E-state index contributed by atoms with van der Waals surface area (Å²) in [5.74, 6) is -0.873. The van der Waals surface area contributed by atoms with E-state index in [1.807, 2.05) is 12.1 Å². The molecule has 0 radical (unpaired) electrons. The summed E-state index contributed by atoms with van der Waals surface area (Å²) in [5, 5.41) is 1.35. The Hall–Kier alpha value is -4.08. The molecule has 0 bridgehead atoms. The minimum Gasteiger partial charge on any atom is -0.288 e. The summed E-state index contributed by atoms with van der Waals surface area (Å²) in [4.78, 5) is 57.9. The summed E-state index contributed by atoms with van der Waals surface area (Å²) >= 11 is 4.89. The van der Waals surface area contributed by atoms with E-state index in [0.717, 1.165) is 24.4 Å². The van der Waals surface area contributed by atoms with E-state index in [2.05, 4.69) is 37.8 Å². The van der Waals surface area contributed by atoms with Crippen molar-refractivity contribution in [1.82, 2.24) is 0 Å². The molecule has 0 atom stereocenters. The number of rotatable bonds is 5. The second-order valence-corrected chi connectivity index (χ2v) is 19.9. The lowest BCUT2D eigenvalue weighted by Crippen LogP contribution is -2.37. The Morgan fingerprint density at radius 1 is 0.512 bits per heavy atom. The first kappa shape index (κ1) is 27.7. The maximum absolute atomic E-state index is 12.9. The van der Waals surface area contributed by atoms with Crippen LogP contribution in [0.25, 0.3) is 31.7 Å². The van der Waals surface area contributed by atoms with Crippen LogP contribution in [0, 0.1) is 0 Å². The van der Waals surface area contributed by atoms with Crippen LogP contribution in [0.2, 0.25) is 19.6 Å². The maximum Gasteiger partial charge on any atom is 0.197 e. The van der Waals surface area contributed by atoms with Gasteiger partial charge in [0, 0.05) is 51.5 Å². The van der Waals surface area contributed by atoms with Gasteiger partial charge in [0.25, 0.3) is 0 Å². The SMILES string of the molecule is C[Si](C)(C)c1cc(-c2ccc(C=C3C(=O)c4ccccc4C3=O)s2)sc1-c1ccc(C=C2C(=O)c3ccccc3C2=O)s1. The second-order valence-electron chi connectivity index (χ2n) is 11.5. The highest BCUT2D eigenvalue weighted by atomic mass is 32.1. The van der Waals surface area contributed by atoms with Crippen molar-refractivity contribution in [3.05, 3.63) is 122 Å². The third kappa shape index (κ3) is 4.71. The molecule has 0 saturated carbocycles. The number of carbonyl (C=O) groups is 4. The van der Waals surface area contributed by atoms with Gasteiger partial charge in [0.05, 0.1) is 19.2 Å². The first-order chi connectivity index (χ1) is 20.6. The number of fused-ring (bicyclic) bond motifs is 2. The van der Waals surface area contributed by atoms with Crippen LogP contribution in [0.15, 0.2) is 90.0 Å². The number of allylic oxidation sites excluding steroid dienone is 2. The fourth-order valence-corrected chi connectivity index (χ4v) is 11.3. The van der Waals surface area contributed by atoms with Crippen LogP contribution < -0.4 is 5.19 Å². The predicted molar refractivity (Wildman–Crippen MR) is 180 cm³/mol. The Labute approximate surface area is 261 Å². The number of hydrogen-bond acceptors (Lipinski definition) is 7. The van der Waals surface area contributed by atoms with E-state index in [0.29, 0.717) is 22.3 Å². The van der Waals surface area contributed by atoms with Crippen LogP contribution in [0.5, 0.6) is 0 Å². The molecule has 8 heteroatoms. The number of carbonyl (C=O) groups excluding carboxylic acids is 4. The van der Waals surface area contributed by atoms with Gasteiger partial charge in [-0.3, -0.25) is 19.2 Å². The lowest BCUT2D eigenvalue weighted by Gasteiger charge is -2.16. The highest BCUT2D eigenvalue weighted by Crippen LogP contribution is 2.41. The molecular weight excluding hydrogens is 609 g/mol. The van der Waals surface area contributed by atoms with E-state index in [1.165, 1.54) is 10.1 Å². The molecule has 43 heavy (non-hydrogen) atoms. The van der Waals surface area contributed by atoms with Crippen molar-refractivity contribution in [3.8, 4) is 19.5 Å². The normalized spacial score (nSPS) is 14.5. The summed E-state index contributed by atoms with van der Waals surface area (Å²) in [7, 11) is -1.74. The number of benzene rings is 2. The van der Waals surface area contributed by atoms with Crippen molar-refractivity contribution in [1.29, 1.82) is 0 Å². The first-order valence-electron chi connectivity index (χ1n) is 13.7. The van der Waals surface area contributed by atoms with Gasteiger partial charge in [-0.15, -0.1) is 34.0 Å². The molecule has 0 fully saturated rings. The predicted octanol–water partition coefficient (Wildman–Crippen LogP) is 8.68. The molecular formula is C35H24O4S3Si. The monoisotopic (exact) mass is 632 g/mol. The van der Waals surface area contributed by atoms with Gasteiger partial charge < -0.3 is 0 Å². The quantitative estimate of drug-likeness (QED) is 0.110. The molecule has 7 rings (SSSR count). The Balaban J connectivity index is 1.21. The molecule has 3 aromatic heterocycles. The van der Waals surface area contributed by atoms with Gasteiger partial charge >= 0.3 is 0 Å². The van der Waals surface area contributed by atoms with Crippen LogP contribution in [-0.2, 0) is 0 Å². The fourth-order valence-electron chi connectivity index (χ4n) is 5.46. The van der Waals surface area contributed by atoms with Crippen LogP contribution >= 0.6 is 34.0 Å². The van der Waals surface area contributed by atoms with Crippen LogP contribution in [0.3, 0.4) is 0 Å². The average molecular weight is 633 g/mol. The summed E-state index contributed by atoms with van der Waals surface area (Å²) in [6, 6.07) is 24.3. The van der Waals surface area contributed by atoms with Crippen molar-refractivity contribution >= 4 is 82.6 Å². The van der Waals surface area contributed by atoms with E-state index in [9.17, 15) is 19.2 Å². The Kier molecular flexibility index (Phi) is 6.63. The number of Topliss-reactive ketones (excluding diaryl/α,β-unsaturated/α-hetero) is 4. The standard InChI is InChI=1S/C35H24O4S3Si/c1-43(2,3)30-18-29(27-14-12-19(40-27)16-25-31(36)21-8-4-5-9-22(21)32(25)37)42-35(30)28-15-13-20(41-28)17-26-33(38)23-10-6-7-11-24(23)34(26)39/h4-18H,1-3H3. The first-order valence-corrected chi connectivity index (χ1v) is 19.7. The van der Waals surface area contributed by atoms with Crippen molar-refractivity contribution < 1.29 is 19.2 Å². The minimum atomic E-state index is -1.74. The van der Waals surface area contributed by atoms with Gasteiger partial charge in [-0.25, -0.2) is 0 Å². The molecule has 0 aliphatic heterocycles. The molecule has 5 aromatic rings. The largest absolute Gasteiger partial charge is 0.288 e. The molecule has 0 spiro atoms. The van der Waals surface area contributed by atoms with Gasteiger partial charge in [-0.1, -0.05) is 68.2 Å². The molecule has 210 valence electrons. The van der Waals surface area contributed by atoms with Gasteiger partial charge in [0.1, 0.15) is 0 Å². The summed E-state index contributed by atoms with van der Waals surface area (Å²) in [6.07, 6.45) is 3.44. The van der Waals surface area contributed by atoms with Gasteiger partial charge in [-0.05, 0) is 47.7 Å². The van der Waals surface area contributed by atoms with E-state index in [4.69, 9.17) is 0 Å². The minimum absolute atomic E-state index is 0.215. The van der Waals surface area contributed by atoms with Crippen molar-refractivity contribution in [2.45, 2.75) is 19.6 Å². The van der Waals surface area contributed by atoms with E-state index < -0.39 is 8.07 Å². The zero-order valence-electron chi connectivity index (χ0n) is 23.5. The topological polar surface area (TPSA) is 68.3 Å². The zero-order valence-corrected chi connectivity index (χ0v) is 27.0. The van der Waals surface area contributed by atoms with E-state index in [1.54, 1.807) is 94.7 Å². The van der Waals surface area contributed by atoms with Crippen LogP contribution in [0.1, 0.15) is 51.2 Å². The van der Waals surface area contributed by atoms with Crippen molar-refractivity contribution in [2.75, 3.05) is 0 Å². The molecule has 3 heterocycles. The summed E-state index contributed by atoms with van der Waals surface area (Å²) < 4.78 is 0. The fraction of sp³-hybridized carbons (Fsp3) is 0.0857. The molecule has 2 aliphatic carbocycles. The Morgan fingerprint density at radius 2 is 0.930 bits per heavy atom. The highest BCUT2D eigenvalue weighted by molar-refractivity contribution is 7.28. The Bertz CT molecular complexity index is 2020. The molecule has 0 amide bonds. The summed E-state index contributed by atoms with van der Waals surface area (Å²) in [5.41, 5.74) is 2.31. The second kappa shape index (κ2) is 10.3. The van der Waals surface area contributed by atoms with Crippen molar-refractivity contribution in [3.63, 3.8) is 0 Å². The van der Waals surface area contributed by atoms with Gasteiger partial charge in [0.15, 0.2) is 23.1 Å². The Morgan fingerprint density at radius 3 is 1.37 bits per heavy atom. The third-order valence-corrected chi connectivity index (χ3v) is 13.4. The maximum atomic E-state index is 12.9. The van der Waals surface area contributed by atoms with Crippen LogP contribution in [0.4, 0.5) is 0 Å². The van der Waals surface area contributed by atoms with Gasteiger partial charge in [-0.2, -0.15) is 0 Å². The van der Waals surface area contributed by atoms with E-state index in [-0.39, 0.29) is 34.3 Å². The van der Waals surface area contributed by atoms with Gasteiger partial charge in [0.2, 0.25) is 0 Å². The molecule has 2 aromatic carbocycles. The smallest absolute Gasteiger partial charge is 0.197 e. The number of hydrogen-bond donors (Lipinski definition) is 0. The van der Waals surface area contributed by atoms with Crippen molar-refractivity contribution in [2.24, 2.45) is 0 Å². The molecule has 0 N–H and O–H groups in total. The number of thiophene rings is 3. The third-order valence-electron chi connectivity index (χ3n) is 7.64. The average Bonchev–Trinajstić information content (AvgIpc) is 3.81. The highest BCUT2D eigenvalue weighted by Gasteiger charge is 2.34. The lowest BCUT2D eigenvalue weighted by atomic mass is 10.1.